The Morgan fingerprint density at radius 2 is 1.86 bits per heavy atom. The fraction of sp³-hybridized carbons (Fsp3) is 0.364. The number of aryl methyl sites for hydroxylation is 2. The first-order valence-corrected chi connectivity index (χ1v) is 10.7. The van der Waals surface area contributed by atoms with Crippen molar-refractivity contribution in [3.8, 4) is 17.1 Å². The van der Waals surface area contributed by atoms with Crippen LogP contribution < -0.4 is 4.74 Å². The molecule has 1 N–H and O–H groups in total. The maximum Gasteiger partial charge on any atom is 0.191 e. The topological polar surface area (TPSA) is 60.2 Å². The van der Waals surface area contributed by atoms with Crippen molar-refractivity contribution >= 4 is 11.8 Å². The number of aromatic nitrogens is 3. The Morgan fingerprint density at radius 1 is 1.14 bits per heavy atom. The van der Waals surface area contributed by atoms with Gasteiger partial charge >= 0.3 is 0 Å². The van der Waals surface area contributed by atoms with Crippen molar-refractivity contribution in [2.24, 2.45) is 0 Å². The monoisotopic (exact) mass is 413 g/mol. The summed E-state index contributed by atoms with van der Waals surface area (Å²) in [4.78, 5) is 0. The highest BCUT2D eigenvalue weighted by molar-refractivity contribution is 7.99. The Labute approximate surface area is 173 Å². The summed E-state index contributed by atoms with van der Waals surface area (Å²) in [5.41, 5.74) is 2.55. The first-order chi connectivity index (χ1) is 14.0. The van der Waals surface area contributed by atoms with Gasteiger partial charge in [-0.2, -0.15) is 0 Å². The van der Waals surface area contributed by atoms with Crippen molar-refractivity contribution in [2.45, 2.75) is 44.0 Å². The van der Waals surface area contributed by atoms with Crippen LogP contribution in [0.3, 0.4) is 0 Å². The Bertz CT molecular complexity index is 983. The summed E-state index contributed by atoms with van der Waals surface area (Å²) in [6.07, 6.45) is 1.41. The summed E-state index contributed by atoms with van der Waals surface area (Å²) in [5.74, 6) is 1.49. The molecule has 1 heterocycles. The van der Waals surface area contributed by atoms with Gasteiger partial charge < -0.3 is 9.84 Å². The largest absolute Gasteiger partial charge is 0.490 e. The molecule has 152 valence electrons. The quantitative estimate of drug-likeness (QED) is 0.548. The highest BCUT2D eigenvalue weighted by Crippen LogP contribution is 2.41. The van der Waals surface area contributed by atoms with Crippen LogP contribution in [0.15, 0.2) is 47.6 Å². The summed E-state index contributed by atoms with van der Waals surface area (Å²) in [7, 11) is 0. The maximum absolute atomic E-state index is 14.2. The Kier molecular flexibility index (Phi) is 5.87. The molecule has 1 saturated carbocycles. The third kappa shape index (κ3) is 4.46. The summed E-state index contributed by atoms with van der Waals surface area (Å²) in [5, 5.41) is 19.6. The third-order valence-corrected chi connectivity index (χ3v) is 6.01. The van der Waals surface area contributed by atoms with E-state index in [1.54, 1.807) is 18.2 Å². The van der Waals surface area contributed by atoms with Gasteiger partial charge in [-0.15, -0.1) is 10.2 Å². The fourth-order valence-corrected chi connectivity index (χ4v) is 4.20. The van der Waals surface area contributed by atoms with E-state index in [-0.39, 0.29) is 12.4 Å². The van der Waals surface area contributed by atoms with E-state index in [0.29, 0.717) is 28.3 Å². The zero-order valence-electron chi connectivity index (χ0n) is 16.5. The standard InChI is InChI=1S/C22H24FN3O2S/c1-14-6-5-7-15(2)20(14)28-12-17(27)13-29-22-25-24-21(26(22)16-10-11-16)18-8-3-4-9-19(18)23/h3-9,16-17,27H,10-13H2,1-2H3/t17-/m1/s1. The van der Waals surface area contributed by atoms with E-state index in [0.717, 1.165) is 29.7 Å². The molecule has 1 aliphatic carbocycles. The molecule has 1 fully saturated rings. The number of aliphatic hydroxyl groups excluding tert-OH is 1. The number of para-hydroxylation sites is 1. The number of benzene rings is 2. The van der Waals surface area contributed by atoms with Gasteiger partial charge in [0.15, 0.2) is 11.0 Å². The molecule has 5 nitrogen and oxygen atoms in total. The third-order valence-electron chi connectivity index (χ3n) is 4.92. The van der Waals surface area contributed by atoms with Crippen LogP contribution in [0.2, 0.25) is 0 Å². The summed E-state index contributed by atoms with van der Waals surface area (Å²) < 4.78 is 22.1. The molecule has 7 heteroatoms. The molecule has 0 radical (unpaired) electrons. The van der Waals surface area contributed by atoms with Gasteiger partial charge in [0, 0.05) is 11.8 Å². The predicted octanol–water partition coefficient (Wildman–Crippen LogP) is 4.57. The number of nitrogens with zero attached hydrogens (tertiary/aromatic N) is 3. The van der Waals surface area contributed by atoms with Crippen LogP contribution in [0.5, 0.6) is 5.75 Å². The van der Waals surface area contributed by atoms with E-state index in [1.165, 1.54) is 17.8 Å². The van der Waals surface area contributed by atoms with Gasteiger partial charge in [0.25, 0.3) is 0 Å². The van der Waals surface area contributed by atoms with Gasteiger partial charge in [0.05, 0.1) is 11.7 Å². The van der Waals surface area contributed by atoms with E-state index in [1.807, 2.05) is 36.6 Å². The number of aliphatic hydroxyl groups is 1. The number of rotatable bonds is 8. The Balaban J connectivity index is 1.43. The molecule has 1 atom stereocenters. The van der Waals surface area contributed by atoms with Crippen LogP contribution in [-0.4, -0.2) is 38.3 Å². The van der Waals surface area contributed by atoms with Crippen LogP contribution in [0.1, 0.15) is 30.0 Å². The molecule has 0 saturated heterocycles. The van der Waals surface area contributed by atoms with Crippen molar-refractivity contribution in [2.75, 3.05) is 12.4 Å². The van der Waals surface area contributed by atoms with Gasteiger partial charge in [0.1, 0.15) is 18.2 Å². The molecule has 0 aliphatic heterocycles. The predicted molar refractivity (Wildman–Crippen MR) is 112 cm³/mol. The van der Waals surface area contributed by atoms with Gasteiger partial charge in [-0.05, 0) is 49.9 Å². The molecule has 0 bridgehead atoms. The molecule has 2 aromatic carbocycles. The molecular weight excluding hydrogens is 389 g/mol. The molecule has 4 rings (SSSR count). The van der Waals surface area contributed by atoms with E-state index >= 15 is 0 Å². The lowest BCUT2D eigenvalue weighted by atomic mass is 10.1. The molecule has 0 spiro atoms. The normalized spacial score (nSPS) is 14.8. The summed E-state index contributed by atoms with van der Waals surface area (Å²) >= 11 is 1.43. The Morgan fingerprint density at radius 3 is 2.55 bits per heavy atom. The van der Waals surface area contributed by atoms with Crippen LogP contribution in [0.25, 0.3) is 11.4 Å². The summed E-state index contributed by atoms with van der Waals surface area (Å²) in [6.45, 7) is 4.19. The second kappa shape index (κ2) is 8.55. The average Bonchev–Trinajstić information content (AvgIpc) is 3.46. The molecule has 3 aromatic rings. The van der Waals surface area contributed by atoms with Crippen LogP contribution in [0, 0.1) is 19.7 Å². The van der Waals surface area contributed by atoms with E-state index in [9.17, 15) is 9.50 Å². The minimum absolute atomic E-state index is 0.205. The molecule has 1 aliphatic rings. The van der Waals surface area contributed by atoms with Crippen LogP contribution in [-0.2, 0) is 0 Å². The molecule has 0 amide bonds. The number of ether oxygens (including phenoxy) is 1. The maximum atomic E-state index is 14.2. The van der Waals surface area contributed by atoms with Gasteiger partial charge in [-0.1, -0.05) is 42.1 Å². The van der Waals surface area contributed by atoms with Crippen molar-refractivity contribution in [3.63, 3.8) is 0 Å². The highest BCUT2D eigenvalue weighted by Gasteiger charge is 2.31. The zero-order chi connectivity index (χ0) is 20.4. The number of hydrogen-bond donors (Lipinski definition) is 1. The molecule has 29 heavy (non-hydrogen) atoms. The van der Waals surface area contributed by atoms with Crippen molar-refractivity contribution < 1.29 is 14.2 Å². The van der Waals surface area contributed by atoms with Gasteiger partial charge in [-0.25, -0.2) is 4.39 Å². The minimum atomic E-state index is -0.653. The number of hydrogen-bond acceptors (Lipinski definition) is 5. The van der Waals surface area contributed by atoms with Crippen molar-refractivity contribution in [3.05, 3.63) is 59.4 Å². The minimum Gasteiger partial charge on any atom is -0.490 e. The lowest BCUT2D eigenvalue weighted by Crippen LogP contribution is -2.21. The second-order valence-corrected chi connectivity index (χ2v) is 8.37. The van der Waals surface area contributed by atoms with Crippen LogP contribution in [0.4, 0.5) is 4.39 Å². The van der Waals surface area contributed by atoms with E-state index in [2.05, 4.69) is 10.2 Å². The van der Waals surface area contributed by atoms with Crippen molar-refractivity contribution in [1.82, 2.24) is 14.8 Å². The molecular formula is C22H24FN3O2S. The lowest BCUT2D eigenvalue weighted by Gasteiger charge is -2.15. The van der Waals surface area contributed by atoms with E-state index in [4.69, 9.17) is 4.74 Å². The molecule has 1 aromatic heterocycles. The number of halogens is 1. The smallest absolute Gasteiger partial charge is 0.191 e. The van der Waals surface area contributed by atoms with Crippen molar-refractivity contribution in [1.29, 1.82) is 0 Å². The number of thioether (sulfide) groups is 1. The van der Waals surface area contributed by atoms with E-state index < -0.39 is 6.10 Å². The lowest BCUT2D eigenvalue weighted by molar-refractivity contribution is 0.125. The second-order valence-electron chi connectivity index (χ2n) is 7.38. The first kappa shape index (κ1) is 19.9. The summed E-state index contributed by atoms with van der Waals surface area (Å²) in [6, 6.07) is 12.9. The van der Waals surface area contributed by atoms with Gasteiger partial charge in [0.2, 0.25) is 0 Å². The highest BCUT2D eigenvalue weighted by atomic mass is 32.2. The SMILES string of the molecule is Cc1cccc(C)c1OC[C@@H](O)CSc1nnc(-c2ccccc2F)n1C1CC1. The van der Waals surface area contributed by atoms with Gasteiger partial charge in [-0.3, -0.25) is 4.57 Å². The molecule has 0 unspecified atom stereocenters. The fourth-order valence-electron chi connectivity index (χ4n) is 3.29. The first-order valence-electron chi connectivity index (χ1n) is 9.74. The average molecular weight is 414 g/mol. The zero-order valence-corrected chi connectivity index (χ0v) is 17.3. The Hall–Kier alpha value is -2.38. The van der Waals surface area contributed by atoms with Crippen LogP contribution >= 0.6 is 11.8 Å².